The molecule has 0 saturated heterocycles. The van der Waals surface area contributed by atoms with Crippen LogP contribution in [0.2, 0.25) is 5.02 Å². The van der Waals surface area contributed by atoms with Crippen molar-refractivity contribution in [3.05, 3.63) is 46.7 Å². The predicted octanol–water partition coefficient (Wildman–Crippen LogP) is 3.10. The van der Waals surface area contributed by atoms with Crippen molar-refractivity contribution in [3.8, 4) is 5.69 Å². The van der Waals surface area contributed by atoms with E-state index in [4.69, 9.17) is 11.6 Å². The van der Waals surface area contributed by atoms with Gasteiger partial charge in [0.25, 0.3) is 0 Å². The van der Waals surface area contributed by atoms with E-state index in [-0.39, 0.29) is 5.56 Å². The van der Waals surface area contributed by atoms with Crippen LogP contribution in [0.3, 0.4) is 0 Å². The maximum atomic E-state index is 11.2. The van der Waals surface area contributed by atoms with Gasteiger partial charge in [-0.2, -0.15) is 5.10 Å². The average Bonchev–Trinajstić information content (AvgIpc) is 3.08. The van der Waals surface area contributed by atoms with E-state index in [2.05, 4.69) is 5.10 Å². The highest BCUT2D eigenvalue weighted by Gasteiger charge is 2.26. The molecule has 1 saturated carbocycles. The molecule has 0 unspecified atom stereocenters. The third-order valence-electron chi connectivity index (χ3n) is 3.04. The number of carbonyl (C=O) groups is 1. The number of aromatic carboxylic acids is 1. The van der Waals surface area contributed by atoms with Crippen LogP contribution in [0.4, 0.5) is 0 Å². The maximum absolute atomic E-state index is 11.2. The first kappa shape index (κ1) is 11.3. The third-order valence-corrected chi connectivity index (χ3v) is 3.28. The second kappa shape index (κ2) is 4.14. The van der Waals surface area contributed by atoms with Crippen LogP contribution in [-0.4, -0.2) is 20.9 Å². The molecule has 0 amide bonds. The molecule has 0 spiro atoms. The number of aromatic nitrogens is 2. The zero-order valence-corrected chi connectivity index (χ0v) is 10.3. The van der Waals surface area contributed by atoms with Gasteiger partial charge in [-0.1, -0.05) is 11.6 Å². The zero-order chi connectivity index (χ0) is 12.7. The van der Waals surface area contributed by atoms with E-state index in [1.54, 1.807) is 23.0 Å². The molecule has 4 nitrogen and oxygen atoms in total. The fourth-order valence-electron chi connectivity index (χ4n) is 1.95. The van der Waals surface area contributed by atoms with E-state index >= 15 is 0 Å². The van der Waals surface area contributed by atoms with Crippen molar-refractivity contribution in [2.75, 3.05) is 0 Å². The van der Waals surface area contributed by atoms with Gasteiger partial charge in [0.15, 0.2) is 0 Å². The Kier molecular flexibility index (Phi) is 2.59. The molecular weight excluding hydrogens is 252 g/mol. The van der Waals surface area contributed by atoms with Gasteiger partial charge >= 0.3 is 5.97 Å². The Morgan fingerprint density at radius 2 is 2.17 bits per heavy atom. The number of carboxylic acid groups (broad SMARTS) is 1. The van der Waals surface area contributed by atoms with Crippen LogP contribution in [0.1, 0.15) is 34.8 Å². The first-order valence-corrected chi connectivity index (χ1v) is 6.12. The summed E-state index contributed by atoms with van der Waals surface area (Å²) in [5.74, 6) is -0.456. The summed E-state index contributed by atoms with van der Waals surface area (Å²) in [5.41, 5.74) is 1.73. The Labute approximate surface area is 109 Å². The number of hydrogen-bond acceptors (Lipinski definition) is 2. The molecule has 0 bridgehead atoms. The van der Waals surface area contributed by atoms with E-state index in [0.29, 0.717) is 16.6 Å². The Bertz CT molecular complexity index is 617. The first-order valence-electron chi connectivity index (χ1n) is 5.74. The molecule has 1 aliphatic rings. The lowest BCUT2D eigenvalue weighted by Gasteiger charge is -2.06. The Hall–Kier alpha value is -1.81. The minimum absolute atomic E-state index is 0.160. The molecule has 0 aliphatic heterocycles. The van der Waals surface area contributed by atoms with Gasteiger partial charge in [-0.25, -0.2) is 9.48 Å². The molecule has 0 atom stereocenters. The molecule has 18 heavy (non-hydrogen) atoms. The van der Waals surface area contributed by atoms with Crippen molar-refractivity contribution < 1.29 is 9.90 Å². The van der Waals surface area contributed by atoms with Crippen LogP contribution in [0.5, 0.6) is 0 Å². The van der Waals surface area contributed by atoms with Gasteiger partial charge in [-0.3, -0.25) is 0 Å². The van der Waals surface area contributed by atoms with Gasteiger partial charge in [-0.15, -0.1) is 0 Å². The summed E-state index contributed by atoms with van der Waals surface area (Å²) in [5, 5.41) is 14.0. The summed E-state index contributed by atoms with van der Waals surface area (Å²) < 4.78 is 1.60. The second-order valence-corrected chi connectivity index (χ2v) is 4.86. The Balaban J connectivity index is 2.06. The minimum Gasteiger partial charge on any atom is -0.478 e. The lowest BCUT2D eigenvalue weighted by Crippen LogP contribution is -2.06. The number of rotatable bonds is 3. The van der Waals surface area contributed by atoms with Crippen molar-refractivity contribution in [2.45, 2.75) is 18.8 Å². The van der Waals surface area contributed by atoms with E-state index in [9.17, 15) is 9.90 Å². The molecule has 1 fully saturated rings. The monoisotopic (exact) mass is 262 g/mol. The van der Waals surface area contributed by atoms with E-state index in [0.717, 1.165) is 5.69 Å². The van der Waals surface area contributed by atoms with E-state index in [1.807, 2.05) is 6.07 Å². The lowest BCUT2D eigenvalue weighted by molar-refractivity contribution is 0.0696. The smallest absolute Gasteiger partial charge is 0.337 e. The summed E-state index contributed by atoms with van der Waals surface area (Å²) >= 11 is 5.82. The van der Waals surface area contributed by atoms with Gasteiger partial charge in [0.2, 0.25) is 0 Å². The molecule has 92 valence electrons. The normalized spacial score (nSPS) is 14.7. The molecule has 1 aliphatic carbocycles. The predicted molar refractivity (Wildman–Crippen MR) is 67.5 cm³/mol. The summed E-state index contributed by atoms with van der Waals surface area (Å²) in [6, 6.07) is 6.73. The molecule has 5 heteroatoms. The van der Waals surface area contributed by atoms with Crippen LogP contribution in [-0.2, 0) is 0 Å². The van der Waals surface area contributed by atoms with Crippen LogP contribution >= 0.6 is 11.6 Å². The molecule has 1 aromatic heterocycles. The summed E-state index contributed by atoms with van der Waals surface area (Å²) in [6.45, 7) is 0. The van der Waals surface area contributed by atoms with Crippen LogP contribution < -0.4 is 0 Å². The highest BCUT2D eigenvalue weighted by atomic mass is 35.5. The highest BCUT2D eigenvalue weighted by molar-refractivity contribution is 6.31. The van der Waals surface area contributed by atoms with Gasteiger partial charge < -0.3 is 5.11 Å². The van der Waals surface area contributed by atoms with Crippen LogP contribution in [0, 0.1) is 0 Å². The van der Waals surface area contributed by atoms with Crippen LogP contribution in [0.15, 0.2) is 30.5 Å². The molecule has 1 heterocycles. The number of halogens is 1. The van der Waals surface area contributed by atoms with Gasteiger partial charge in [0.1, 0.15) is 0 Å². The Morgan fingerprint density at radius 1 is 1.39 bits per heavy atom. The van der Waals surface area contributed by atoms with Gasteiger partial charge in [0, 0.05) is 17.1 Å². The minimum atomic E-state index is -1.00. The number of carboxylic acids is 1. The standard InChI is InChI=1S/C13H11ClN2O2/c14-9-3-4-12(10(7-9)13(17)18)16-6-5-11(15-16)8-1-2-8/h3-8H,1-2H2,(H,17,18). The van der Waals surface area contributed by atoms with Crippen molar-refractivity contribution in [3.63, 3.8) is 0 Å². The fourth-order valence-corrected chi connectivity index (χ4v) is 2.12. The quantitative estimate of drug-likeness (QED) is 0.925. The summed E-state index contributed by atoms with van der Waals surface area (Å²) in [7, 11) is 0. The fraction of sp³-hybridized carbons (Fsp3) is 0.231. The number of hydrogen-bond donors (Lipinski definition) is 1. The van der Waals surface area contributed by atoms with Crippen molar-refractivity contribution in [2.24, 2.45) is 0 Å². The molecule has 1 aromatic carbocycles. The molecular formula is C13H11ClN2O2. The van der Waals surface area contributed by atoms with E-state index in [1.165, 1.54) is 18.9 Å². The van der Waals surface area contributed by atoms with Crippen molar-refractivity contribution >= 4 is 17.6 Å². The van der Waals surface area contributed by atoms with Crippen molar-refractivity contribution in [1.29, 1.82) is 0 Å². The Morgan fingerprint density at radius 3 is 2.83 bits per heavy atom. The summed E-state index contributed by atoms with van der Waals surface area (Å²) in [4.78, 5) is 11.2. The average molecular weight is 263 g/mol. The highest BCUT2D eigenvalue weighted by Crippen LogP contribution is 2.39. The molecule has 0 radical (unpaired) electrons. The van der Waals surface area contributed by atoms with Gasteiger partial charge in [0.05, 0.1) is 16.9 Å². The number of nitrogens with zero attached hydrogens (tertiary/aromatic N) is 2. The van der Waals surface area contributed by atoms with Gasteiger partial charge in [-0.05, 0) is 37.1 Å². The zero-order valence-electron chi connectivity index (χ0n) is 9.51. The first-order chi connectivity index (χ1) is 8.65. The SMILES string of the molecule is O=C(O)c1cc(Cl)ccc1-n1ccc(C2CC2)n1. The third kappa shape index (κ3) is 1.99. The number of benzene rings is 1. The largest absolute Gasteiger partial charge is 0.478 e. The topological polar surface area (TPSA) is 55.1 Å². The summed E-state index contributed by atoms with van der Waals surface area (Å²) in [6.07, 6.45) is 4.14. The second-order valence-electron chi connectivity index (χ2n) is 4.43. The maximum Gasteiger partial charge on any atom is 0.337 e. The van der Waals surface area contributed by atoms with E-state index < -0.39 is 5.97 Å². The van der Waals surface area contributed by atoms with Crippen LogP contribution in [0.25, 0.3) is 5.69 Å². The molecule has 2 aromatic rings. The molecule has 1 N–H and O–H groups in total. The van der Waals surface area contributed by atoms with Crippen molar-refractivity contribution in [1.82, 2.24) is 9.78 Å². The lowest BCUT2D eigenvalue weighted by atomic mass is 10.2. The molecule has 3 rings (SSSR count).